The second-order valence-corrected chi connectivity index (χ2v) is 4.65. The molecular weight excluding hydrogens is 262 g/mol. The molecule has 0 unspecified atom stereocenters. The van der Waals surface area contributed by atoms with Crippen LogP contribution in [0.5, 0.6) is 5.75 Å². The minimum atomic E-state index is -0.480. The number of hydrogen-bond donors (Lipinski definition) is 2. The van der Waals surface area contributed by atoms with Crippen LogP contribution in [-0.2, 0) is 4.79 Å². The summed E-state index contributed by atoms with van der Waals surface area (Å²) in [6.45, 7) is 1.68. The standard InChI is InChI=1S/C13H17N3O4/c17-13(15-10-2-1-7-14-8-10)9-20-12-5-3-11(4-6-12)16(18)19/h3-6,10,14H,1-2,7-9H2,(H,15,17)/t10-/m0/s1. The molecule has 1 saturated heterocycles. The minimum absolute atomic E-state index is 0.00455. The number of nitro groups is 1. The monoisotopic (exact) mass is 279 g/mol. The van der Waals surface area contributed by atoms with Gasteiger partial charge >= 0.3 is 0 Å². The van der Waals surface area contributed by atoms with Gasteiger partial charge in [-0.25, -0.2) is 0 Å². The van der Waals surface area contributed by atoms with E-state index in [0.29, 0.717) is 5.75 Å². The van der Waals surface area contributed by atoms with Crippen LogP contribution in [-0.4, -0.2) is 36.6 Å². The molecule has 108 valence electrons. The average molecular weight is 279 g/mol. The first-order chi connectivity index (χ1) is 9.65. The Kier molecular flexibility index (Phi) is 4.89. The van der Waals surface area contributed by atoms with Gasteiger partial charge in [0.2, 0.25) is 0 Å². The Hall–Kier alpha value is -2.15. The number of carbonyl (C=O) groups is 1. The summed E-state index contributed by atoms with van der Waals surface area (Å²) in [5.41, 5.74) is -0.00455. The van der Waals surface area contributed by atoms with Gasteiger partial charge in [-0.05, 0) is 31.5 Å². The summed E-state index contributed by atoms with van der Waals surface area (Å²) < 4.78 is 5.29. The van der Waals surface area contributed by atoms with Crippen LogP contribution in [0.3, 0.4) is 0 Å². The fraction of sp³-hybridized carbons (Fsp3) is 0.462. The molecule has 0 aliphatic carbocycles. The van der Waals surface area contributed by atoms with E-state index >= 15 is 0 Å². The second kappa shape index (κ2) is 6.85. The molecule has 1 aliphatic heterocycles. The Bertz CT molecular complexity index is 469. The van der Waals surface area contributed by atoms with E-state index in [9.17, 15) is 14.9 Å². The smallest absolute Gasteiger partial charge is 0.269 e. The highest BCUT2D eigenvalue weighted by atomic mass is 16.6. The van der Waals surface area contributed by atoms with Crippen molar-refractivity contribution in [2.75, 3.05) is 19.7 Å². The van der Waals surface area contributed by atoms with Crippen molar-refractivity contribution < 1.29 is 14.5 Å². The summed E-state index contributed by atoms with van der Waals surface area (Å²) in [7, 11) is 0. The molecule has 1 fully saturated rings. The molecule has 20 heavy (non-hydrogen) atoms. The molecule has 0 aromatic heterocycles. The summed E-state index contributed by atoms with van der Waals surface area (Å²) >= 11 is 0. The molecule has 1 amide bonds. The lowest BCUT2D eigenvalue weighted by Gasteiger charge is -2.23. The number of nitro benzene ring substituents is 1. The lowest BCUT2D eigenvalue weighted by atomic mass is 10.1. The van der Waals surface area contributed by atoms with Gasteiger partial charge in [0.25, 0.3) is 11.6 Å². The van der Waals surface area contributed by atoms with Crippen LogP contribution in [0, 0.1) is 10.1 Å². The highest BCUT2D eigenvalue weighted by Gasteiger charge is 2.15. The van der Waals surface area contributed by atoms with E-state index in [-0.39, 0.29) is 24.2 Å². The van der Waals surface area contributed by atoms with E-state index in [1.54, 1.807) is 0 Å². The summed E-state index contributed by atoms with van der Waals surface area (Å²) in [6, 6.07) is 5.80. The zero-order valence-corrected chi connectivity index (χ0v) is 11.0. The summed E-state index contributed by atoms with van der Waals surface area (Å²) in [4.78, 5) is 21.7. The van der Waals surface area contributed by atoms with Crippen LogP contribution in [0.15, 0.2) is 24.3 Å². The van der Waals surface area contributed by atoms with E-state index < -0.39 is 4.92 Å². The maximum absolute atomic E-state index is 11.7. The van der Waals surface area contributed by atoms with Gasteiger partial charge in [0.05, 0.1) is 4.92 Å². The van der Waals surface area contributed by atoms with E-state index in [1.165, 1.54) is 24.3 Å². The normalized spacial score (nSPS) is 18.3. The molecule has 7 heteroatoms. The van der Waals surface area contributed by atoms with Gasteiger partial charge in [-0.3, -0.25) is 14.9 Å². The van der Waals surface area contributed by atoms with Gasteiger partial charge in [-0.1, -0.05) is 0 Å². The fourth-order valence-electron chi connectivity index (χ4n) is 2.06. The van der Waals surface area contributed by atoms with Crippen molar-refractivity contribution in [1.29, 1.82) is 0 Å². The third-order valence-electron chi connectivity index (χ3n) is 3.08. The van der Waals surface area contributed by atoms with Crippen molar-refractivity contribution in [3.8, 4) is 5.75 Å². The number of amides is 1. The number of benzene rings is 1. The third-order valence-corrected chi connectivity index (χ3v) is 3.08. The molecule has 0 radical (unpaired) electrons. The molecule has 1 heterocycles. The molecule has 2 N–H and O–H groups in total. The van der Waals surface area contributed by atoms with E-state index in [4.69, 9.17) is 4.74 Å². The zero-order valence-electron chi connectivity index (χ0n) is 11.0. The highest BCUT2D eigenvalue weighted by Crippen LogP contribution is 2.17. The van der Waals surface area contributed by atoms with Crippen molar-refractivity contribution in [3.05, 3.63) is 34.4 Å². The molecule has 2 rings (SSSR count). The molecule has 7 nitrogen and oxygen atoms in total. The predicted molar refractivity (Wildman–Crippen MR) is 72.6 cm³/mol. The van der Waals surface area contributed by atoms with Gasteiger partial charge in [0, 0.05) is 24.7 Å². The molecule has 1 atom stereocenters. The van der Waals surface area contributed by atoms with Crippen molar-refractivity contribution in [2.24, 2.45) is 0 Å². The highest BCUT2D eigenvalue weighted by molar-refractivity contribution is 5.77. The number of nitrogens with one attached hydrogen (secondary N) is 2. The van der Waals surface area contributed by atoms with Gasteiger partial charge < -0.3 is 15.4 Å². The second-order valence-electron chi connectivity index (χ2n) is 4.65. The number of nitrogens with zero attached hydrogens (tertiary/aromatic N) is 1. The van der Waals surface area contributed by atoms with Crippen molar-refractivity contribution in [1.82, 2.24) is 10.6 Å². The molecular formula is C13H17N3O4. The largest absolute Gasteiger partial charge is 0.484 e. The Morgan fingerprint density at radius 1 is 1.45 bits per heavy atom. The van der Waals surface area contributed by atoms with Crippen LogP contribution in [0.2, 0.25) is 0 Å². The average Bonchev–Trinajstić information content (AvgIpc) is 2.46. The first kappa shape index (κ1) is 14.3. The number of rotatable bonds is 5. The quantitative estimate of drug-likeness (QED) is 0.615. The Morgan fingerprint density at radius 2 is 2.20 bits per heavy atom. The number of piperidine rings is 1. The van der Waals surface area contributed by atoms with Crippen molar-refractivity contribution >= 4 is 11.6 Å². The first-order valence-corrected chi connectivity index (χ1v) is 6.52. The van der Waals surface area contributed by atoms with Crippen LogP contribution in [0.1, 0.15) is 12.8 Å². The van der Waals surface area contributed by atoms with Gasteiger partial charge in [0.1, 0.15) is 5.75 Å². The lowest BCUT2D eigenvalue weighted by molar-refractivity contribution is -0.384. The fourth-order valence-corrected chi connectivity index (χ4v) is 2.06. The Morgan fingerprint density at radius 3 is 2.80 bits per heavy atom. The molecule has 0 spiro atoms. The van der Waals surface area contributed by atoms with E-state index in [1.807, 2.05) is 0 Å². The topological polar surface area (TPSA) is 93.5 Å². The lowest BCUT2D eigenvalue weighted by Crippen LogP contribution is -2.46. The molecule has 1 aromatic carbocycles. The van der Waals surface area contributed by atoms with Crippen molar-refractivity contribution in [2.45, 2.75) is 18.9 Å². The van der Waals surface area contributed by atoms with Gasteiger partial charge in [0.15, 0.2) is 6.61 Å². The first-order valence-electron chi connectivity index (χ1n) is 6.52. The number of carbonyl (C=O) groups excluding carboxylic acids is 1. The maximum Gasteiger partial charge on any atom is 0.269 e. The Balaban J connectivity index is 1.76. The van der Waals surface area contributed by atoms with Gasteiger partial charge in [-0.2, -0.15) is 0 Å². The Labute approximate surface area is 116 Å². The summed E-state index contributed by atoms with van der Waals surface area (Å²) in [6.07, 6.45) is 2.02. The molecule has 1 aromatic rings. The maximum atomic E-state index is 11.7. The van der Waals surface area contributed by atoms with Gasteiger partial charge in [-0.15, -0.1) is 0 Å². The number of non-ortho nitro benzene ring substituents is 1. The summed E-state index contributed by atoms with van der Waals surface area (Å²) in [5, 5.41) is 16.6. The molecule has 0 bridgehead atoms. The molecule has 1 aliphatic rings. The number of ether oxygens (including phenoxy) is 1. The van der Waals surface area contributed by atoms with E-state index in [0.717, 1.165) is 25.9 Å². The zero-order chi connectivity index (χ0) is 14.4. The molecule has 0 saturated carbocycles. The van der Waals surface area contributed by atoms with Crippen LogP contribution in [0.25, 0.3) is 0 Å². The van der Waals surface area contributed by atoms with Crippen LogP contribution < -0.4 is 15.4 Å². The van der Waals surface area contributed by atoms with Crippen molar-refractivity contribution in [3.63, 3.8) is 0 Å². The number of hydrogen-bond acceptors (Lipinski definition) is 5. The SMILES string of the molecule is O=C(COc1ccc([N+](=O)[O-])cc1)N[C@H]1CCCNC1. The minimum Gasteiger partial charge on any atom is -0.484 e. The predicted octanol–water partition coefficient (Wildman–Crippen LogP) is 0.842. The van der Waals surface area contributed by atoms with Crippen LogP contribution >= 0.6 is 0 Å². The van der Waals surface area contributed by atoms with E-state index in [2.05, 4.69) is 10.6 Å². The van der Waals surface area contributed by atoms with Crippen LogP contribution in [0.4, 0.5) is 5.69 Å². The summed E-state index contributed by atoms with van der Waals surface area (Å²) in [5.74, 6) is 0.254. The third kappa shape index (κ3) is 4.20.